The van der Waals surface area contributed by atoms with Crippen molar-refractivity contribution in [2.24, 2.45) is 0 Å². The lowest BCUT2D eigenvalue weighted by Crippen LogP contribution is -1.94. The monoisotopic (exact) mass is 623 g/mol. The van der Waals surface area contributed by atoms with Gasteiger partial charge >= 0.3 is 0 Å². The van der Waals surface area contributed by atoms with Crippen molar-refractivity contribution in [1.29, 1.82) is 0 Å². The molecule has 7 aromatic carbocycles. The molecule has 0 unspecified atom stereocenters. The van der Waals surface area contributed by atoms with Crippen LogP contribution in [0.5, 0.6) is 0 Å². The summed E-state index contributed by atoms with van der Waals surface area (Å²) in [6.45, 7) is 0. The highest BCUT2D eigenvalue weighted by atomic mass is 15.0. The zero-order valence-electron chi connectivity index (χ0n) is 26.6. The van der Waals surface area contributed by atoms with Crippen LogP contribution >= 0.6 is 0 Å². The molecule has 10 rings (SSSR count). The molecule has 0 aliphatic rings. The van der Waals surface area contributed by atoms with E-state index in [9.17, 15) is 0 Å². The number of hydrogen-bond acceptors (Lipinski definition) is 2. The fourth-order valence-electron chi connectivity index (χ4n) is 7.59. The third-order valence-electron chi connectivity index (χ3n) is 9.81. The van der Waals surface area contributed by atoms with Crippen LogP contribution in [0.25, 0.3) is 93.6 Å². The molecule has 0 atom stereocenters. The van der Waals surface area contributed by atoms with Crippen molar-refractivity contribution in [1.82, 2.24) is 14.4 Å². The summed E-state index contributed by atoms with van der Waals surface area (Å²) in [7, 11) is 0. The minimum absolute atomic E-state index is 0.853. The summed E-state index contributed by atoms with van der Waals surface area (Å²) in [4.78, 5) is 9.83. The maximum absolute atomic E-state index is 5.10. The van der Waals surface area contributed by atoms with Gasteiger partial charge in [0.2, 0.25) is 0 Å². The number of fused-ring (bicyclic) bond motifs is 5. The Labute approximate surface area is 283 Å². The van der Waals surface area contributed by atoms with Gasteiger partial charge in [-0.05, 0) is 108 Å². The van der Waals surface area contributed by atoms with Crippen LogP contribution in [0.2, 0.25) is 0 Å². The van der Waals surface area contributed by atoms with Crippen molar-refractivity contribution in [3.05, 3.63) is 176 Å². The molecule has 0 radical (unpaired) electrons. The molecule has 3 nitrogen and oxygen atoms in total. The Hall–Kier alpha value is -6.58. The van der Waals surface area contributed by atoms with Crippen LogP contribution in [0, 0.1) is 0 Å². The lowest BCUT2D eigenvalue weighted by atomic mass is 9.84. The van der Waals surface area contributed by atoms with E-state index in [1.54, 1.807) is 0 Å². The average Bonchev–Trinajstić information content (AvgIpc) is 3.56. The number of benzene rings is 7. The molecular formula is C46H29N3. The maximum Gasteiger partial charge on any atom is 0.138 e. The van der Waals surface area contributed by atoms with Crippen LogP contribution in [-0.4, -0.2) is 14.4 Å². The van der Waals surface area contributed by atoms with E-state index in [0.717, 1.165) is 28.3 Å². The molecule has 3 heteroatoms. The van der Waals surface area contributed by atoms with Crippen molar-refractivity contribution < 1.29 is 0 Å². The first-order valence-electron chi connectivity index (χ1n) is 16.7. The van der Waals surface area contributed by atoms with Crippen LogP contribution < -0.4 is 0 Å². The van der Waals surface area contributed by atoms with E-state index in [-0.39, 0.29) is 0 Å². The molecule has 0 bridgehead atoms. The first-order valence-corrected chi connectivity index (χ1v) is 16.7. The molecule has 49 heavy (non-hydrogen) atoms. The first kappa shape index (κ1) is 27.5. The predicted molar refractivity (Wildman–Crippen MR) is 205 cm³/mol. The molecule has 0 spiro atoms. The Bertz CT molecular complexity index is 2880. The molecule has 0 amide bonds. The first-order chi connectivity index (χ1) is 24.3. The van der Waals surface area contributed by atoms with Gasteiger partial charge in [-0.15, -0.1) is 0 Å². The summed E-state index contributed by atoms with van der Waals surface area (Å²) < 4.78 is 2.19. The van der Waals surface area contributed by atoms with Crippen LogP contribution in [0.3, 0.4) is 0 Å². The molecule has 0 fully saturated rings. The number of nitrogens with zero attached hydrogens (tertiary/aromatic N) is 3. The van der Waals surface area contributed by atoms with E-state index >= 15 is 0 Å². The molecule has 228 valence electrons. The summed E-state index contributed by atoms with van der Waals surface area (Å²) in [5.74, 6) is 0. The van der Waals surface area contributed by atoms with Crippen molar-refractivity contribution >= 4 is 48.7 Å². The van der Waals surface area contributed by atoms with Gasteiger partial charge in [-0.3, -0.25) is 9.38 Å². The van der Waals surface area contributed by atoms with Crippen LogP contribution in [0.4, 0.5) is 0 Å². The van der Waals surface area contributed by atoms with Gasteiger partial charge in [0.25, 0.3) is 0 Å². The average molecular weight is 624 g/mol. The van der Waals surface area contributed by atoms with Gasteiger partial charge in [0.15, 0.2) is 0 Å². The second-order valence-electron chi connectivity index (χ2n) is 12.6. The summed E-state index contributed by atoms with van der Waals surface area (Å²) >= 11 is 0. The third kappa shape index (κ3) is 4.44. The number of imidazole rings is 1. The van der Waals surface area contributed by atoms with E-state index in [4.69, 9.17) is 9.97 Å². The quantitative estimate of drug-likeness (QED) is 0.183. The SMILES string of the molecule is c1ccc(-c2nc3ccccn3c2-c2ccc3c(-c4ccc5ccccc5c4)c4ccccc4c(-c4ccc5ccccc5c4)c3c2)nc1. The van der Waals surface area contributed by atoms with E-state index in [1.165, 1.54) is 65.3 Å². The fourth-order valence-corrected chi connectivity index (χ4v) is 7.59. The Kier molecular flexibility index (Phi) is 6.18. The summed E-state index contributed by atoms with van der Waals surface area (Å²) in [6, 6.07) is 58.9. The Morgan fingerprint density at radius 3 is 1.65 bits per heavy atom. The third-order valence-corrected chi connectivity index (χ3v) is 9.81. The van der Waals surface area contributed by atoms with Crippen molar-refractivity contribution in [3.63, 3.8) is 0 Å². The molecule has 0 N–H and O–H groups in total. The molecule has 0 aliphatic heterocycles. The highest BCUT2D eigenvalue weighted by molar-refractivity contribution is 6.22. The van der Waals surface area contributed by atoms with Crippen LogP contribution in [0.1, 0.15) is 0 Å². The highest BCUT2D eigenvalue weighted by Crippen LogP contribution is 2.46. The molecule has 3 heterocycles. The number of hydrogen-bond donors (Lipinski definition) is 0. The second-order valence-corrected chi connectivity index (χ2v) is 12.6. The topological polar surface area (TPSA) is 30.2 Å². The normalized spacial score (nSPS) is 11.7. The van der Waals surface area contributed by atoms with E-state index in [2.05, 4.69) is 150 Å². The summed E-state index contributed by atoms with van der Waals surface area (Å²) in [6.07, 6.45) is 3.93. The Morgan fingerprint density at radius 2 is 0.980 bits per heavy atom. The zero-order valence-corrected chi connectivity index (χ0v) is 26.6. The molecule has 0 saturated carbocycles. The van der Waals surface area contributed by atoms with Crippen molar-refractivity contribution in [2.45, 2.75) is 0 Å². The smallest absolute Gasteiger partial charge is 0.138 e. The second kappa shape index (κ2) is 11.0. The standard InChI is InChI=1S/C46H29N3/c1-3-13-32-27-34(21-19-30(32)11-1)43-37-15-5-6-16-38(37)44(35-22-20-31-12-2-4-14-33(31)28-35)40-29-36(23-24-39(40)43)46-45(41-17-7-9-25-47-41)48-42-18-8-10-26-49(42)46/h1-29H. The van der Waals surface area contributed by atoms with E-state index in [0.29, 0.717) is 0 Å². The van der Waals surface area contributed by atoms with E-state index < -0.39 is 0 Å². The molecular weight excluding hydrogens is 595 g/mol. The fraction of sp³-hybridized carbons (Fsp3) is 0. The highest BCUT2D eigenvalue weighted by Gasteiger charge is 2.21. The van der Waals surface area contributed by atoms with Gasteiger partial charge in [-0.1, -0.05) is 121 Å². The van der Waals surface area contributed by atoms with Gasteiger partial charge in [0, 0.05) is 18.0 Å². The zero-order chi connectivity index (χ0) is 32.3. The van der Waals surface area contributed by atoms with Crippen molar-refractivity contribution in [3.8, 4) is 44.9 Å². The summed E-state index contributed by atoms with van der Waals surface area (Å²) in [5, 5.41) is 9.83. The van der Waals surface area contributed by atoms with Crippen molar-refractivity contribution in [2.75, 3.05) is 0 Å². The van der Waals surface area contributed by atoms with Crippen LogP contribution in [-0.2, 0) is 0 Å². The minimum atomic E-state index is 0.853. The van der Waals surface area contributed by atoms with Gasteiger partial charge in [0.05, 0.1) is 11.4 Å². The largest absolute Gasteiger partial charge is 0.299 e. The van der Waals surface area contributed by atoms with Gasteiger partial charge in [0.1, 0.15) is 11.3 Å². The van der Waals surface area contributed by atoms with E-state index in [1.807, 2.05) is 30.5 Å². The van der Waals surface area contributed by atoms with Gasteiger partial charge in [-0.25, -0.2) is 4.98 Å². The molecule has 3 aromatic heterocycles. The minimum Gasteiger partial charge on any atom is -0.299 e. The maximum atomic E-state index is 5.10. The molecule has 0 saturated heterocycles. The Balaban J connectivity index is 1.34. The number of pyridine rings is 2. The Morgan fingerprint density at radius 1 is 0.408 bits per heavy atom. The molecule has 0 aliphatic carbocycles. The van der Waals surface area contributed by atoms with Gasteiger partial charge in [-0.2, -0.15) is 0 Å². The lowest BCUT2D eigenvalue weighted by Gasteiger charge is -2.19. The number of rotatable bonds is 4. The lowest BCUT2D eigenvalue weighted by molar-refractivity contribution is 1.19. The number of aromatic nitrogens is 3. The summed E-state index contributed by atoms with van der Waals surface area (Å²) in [5.41, 5.74) is 9.62. The molecule has 10 aromatic rings. The predicted octanol–water partition coefficient (Wildman–Crippen LogP) is 12.0. The van der Waals surface area contributed by atoms with Crippen LogP contribution in [0.15, 0.2) is 176 Å². The van der Waals surface area contributed by atoms with Gasteiger partial charge < -0.3 is 0 Å².